The minimum Gasteiger partial charge on any atom is -0.497 e. The predicted molar refractivity (Wildman–Crippen MR) is 89.9 cm³/mol. The van der Waals surface area contributed by atoms with Gasteiger partial charge in [0, 0.05) is 0 Å². The van der Waals surface area contributed by atoms with Crippen LogP contribution in [0.15, 0.2) is 48.5 Å². The van der Waals surface area contributed by atoms with Crippen molar-refractivity contribution in [3.8, 4) is 11.5 Å². The molecule has 0 saturated heterocycles. The second-order valence-corrected chi connectivity index (χ2v) is 6.04. The molecule has 22 heavy (non-hydrogen) atoms. The van der Waals surface area contributed by atoms with E-state index in [4.69, 9.17) is 9.47 Å². The number of benzene rings is 2. The van der Waals surface area contributed by atoms with Gasteiger partial charge in [0.1, 0.15) is 11.5 Å². The molecule has 0 amide bonds. The number of rotatable bonds is 4. The van der Waals surface area contributed by atoms with Crippen molar-refractivity contribution in [3.05, 3.63) is 59.7 Å². The van der Waals surface area contributed by atoms with Gasteiger partial charge in [0.2, 0.25) is 0 Å². The lowest BCUT2D eigenvalue weighted by molar-refractivity contribution is 0.383. The monoisotopic (exact) mass is 296 g/mol. The maximum Gasteiger partial charge on any atom is 0.118 e. The first-order chi connectivity index (χ1) is 10.8. The van der Waals surface area contributed by atoms with Crippen LogP contribution in [0.5, 0.6) is 11.5 Å². The molecular weight excluding hydrogens is 272 g/mol. The largest absolute Gasteiger partial charge is 0.497 e. The molecule has 1 saturated carbocycles. The molecule has 2 aromatic rings. The van der Waals surface area contributed by atoms with Crippen LogP contribution in [0.4, 0.5) is 0 Å². The van der Waals surface area contributed by atoms with Gasteiger partial charge in [-0.1, -0.05) is 37.1 Å². The Hall–Kier alpha value is -1.96. The quantitative estimate of drug-likeness (QED) is 0.777. The lowest BCUT2D eigenvalue weighted by Gasteiger charge is -2.32. The number of methoxy groups -OCH3 is 2. The van der Waals surface area contributed by atoms with Crippen LogP contribution in [-0.2, 0) is 0 Å². The zero-order valence-electron chi connectivity index (χ0n) is 13.4. The van der Waals surface area contributed by atoms with Gasteiger partial charge >= 0.3 is 0 Å². The van der Waals surface area contributed by atoms with Crippen molar-refractivity contribution < 1.29 is 9.47 Å². The number of ether oxygens (including phenoxy) is 2. The molecule has 1 aliphatic carbocycles. The Kier molecular flexibility index (Phi) is 4.67. The maximum atomic E-state index is 5.28. The van der Waals surface area contributed by atoms with Crippen LogP contribution >= 0.6 is 0 Å². The SMILES string of the molecule is COc1ccc([C@H]2CCCC[C@H]2c2ccc(OC)cc2)cc1. The lowest BCUT2D eigenvalue weighted by Crippen LogP contribution is -2.16. The molecule has 0 bridgehead atoms. The highest BCUT2D eigenvalue weighted by Crippen LogP contribution is 2.44. The third-order valence-electron chi connectivity index (χ3n) is 4.85. The molecule has 3 rings (SSSR count). The van der Waals surface area contributed by atoms with Crippen LogP contribution in [0.25, 0.3) is 0 Å². The molecule has 1 fully saturated rings. The average molecular weight is 296 g/mol. The van der Waals surface area contributed by atoms with Crippen LogP contribution in [-0.4, -0.2) is 14.2 Å². The summed E-state index contributed by atoms with van der Waals surface area (Å²) in [7, 11) is 3.44. The molecule has 0 spiro atoms. The summed E-state index contributed by atoms with van der Waals surface area (Å²) in [6.07, 6.45) is 5.18. The van der Waals surface area contributed by atoms with Crippen LogP contribution in [0.1, 0.15) is 48.6 Å². The molecule has 2 heteroatoms. The van der Waals surface area contributed by atoms with E-state index < -0.39 is 0 Å². The summed E-state index contributed by atoms with van der Waals surface area (Å²) in [5.41, 5.74) is 2.86. The zero-order chi connectivity index (χ0) is 15.4. The van der Waals surface area contributed by atoms with Crippen LogP contribution < -0.4 is 9.47 Å². The molecular formula is C20H24O2. The highest BCUT2D eigenvalue weighted by Gasteiger charge is 2.27. The van der Waals surface area contributed by atoms with Gasteiger partial charge in [-0.15, -0.1) is 0 Å². The minimum atomic E-state index is 0.605. The van der Waals surface area contributed by atoms with Crippen molar-refractivity contribution in [3.63, 3.8) is 0 Å². The molecule has 2 aromatic carbocycles. The second kappa shape index (κ2) is 6.87. The van der Waals surface area contributed by atoms with E-state index in [1.165, 1.54) is 36.8 Å². The van der Waals surface area contributed by atoms with Crippen molar-refractivity contribution in [2.24, 2.45) is 0 Å². The summed E-state index contributed by atoms with van der Waals surface area (Å²) in [5, 5.41) is 0. The Bertz CT molecular complexity index is 531. The van der Waals surface area contributed by atoms with Gasteiger partial charge in [-0.2, -0.15) is 0 Å². The van der Waals surface area contributed by atoms with Crippen molar-refractivity contribution in [2.45, 2.75) is 37.5 Å². The van der Waals surface area contributed by atoms with E-state index in [2.05, 4.69) is 48.5 Å². The van der Waals surface area contributed by atoms with Gasteiger partial charge < -0.3 is 9.47 Å². The van der Waals surface area contributed by atoms with E-state index in [9.17, 15) is 0 Å². The van der Waals surface area contributed by atoms with Gasteiger partial charge in [0.15, 0.2) is 0 Å². The zero-order valence-corrected chi connectivity index (χ0v) is 13.4. The Labute approximate surface area is 133 Å². The van der Waals surface area contributed by atoms with Gasteiger partial charge in [-0.25, -0.2) is 0 Å². The van der Waals surface area contributed by atoms with Crippen molar-refractivity contribution in [2.75, 3.05) is 14.2 Å². The van der Waals surface area contributed by atoms with E-state index >= 15 is 0 Å². The molecule has 1 aliphatic rings. The predicted octanol–water partition coefficient (Wildman–Crippen LogP) is 5.15. The highest BCUT2D eigenvalue weighted by molar-refractivity contribution is 5.35. The van der Waals surface area contributed by atoms with E-state index in [0.717, 1.165) is 11.5 Å². The summed E-state index contributed by atoms with van der Waals surface area (Å²) in [4.78, 5) is 0. The summed E-state index contributed by atoms with van der Waals surface area (Å²) >= 11 is 0. The van der Waals surface area contributed by atoms with Gasteiger partial charge in [0.05, 0.1) is 14.2 Å². The van der Waals surface area contributed by atoms with Crippen LogP contribution in [0.3, 0.4) is 0 Å². The minimum absolute atomic E-state index is 0.605. The fourth-order valence-electron chi connectivity index (χ4n) is 3.63. The first kappa shape index (κ1) is 15.0. The van der Waals surface area contributed by atoms with Gasteiger partial charge in [0.25, 0.3) is 0 Å². The maximum absolute atomic E-state index is 5.28. The summed E-state index contributed by atoms with van der Waals surface area (Å²) < 4.78 is 10.6. The molecule has 2 nitrogen and oxygen atoms in total. The van der Waals surface area contributed by atoms with Crippen molar-refractivity contribution in [1.29, 1.82) is 0 Å². The molecule has 0 N–H and O–H groups in total. The molecule has 2 atom stereocenters. The van der Waals surface area contributed by atoms with Crippen LogP contribution in [0, 0.1) is 0 Å². The Morgan fingerprint density at radius 3 is 1.32 bits per heavy atom. The molecule has 0 radical (unpaired) electrons. The van der Waals surface area contributed by atoms with Crippen molar-refractivity contribution >= 4 is 0 Å². The van der Waals surface area contributed by atoms with E-state index in [1.54, 1.807) is 14.2 Å². The normalized spacial score (nSPS) is 21.4. The smallest absolute Gasteiger partial charge is 0.118 e. The Morgan fingerprint density at radius 2 is 1.00 bits per heavy atom. The van der Waals surface area contributed by atoms with E-state index in [-0.39, 0.29) is 0 Å². The third kappa shape index (κ3) is 3.11. The number of hydrogen-bond acceptors (Lipinski definition) is 2. The first-order valence-electron chi connectivity index (χ1n) is 8.09. The molecule has 0 heterocycles. The van der Waals surface area contributed by atoms with Crippen LogP contribution in [0.2, 0.25) is 0 Å². The fraction of sp³-hybridized carbons (Fsp3) is 0.400. The summed E-state index contributed by atoms with van der Waals surface area (Å²) in [6.45, 7) is 0. The summed E-state index contributed by atoms with van der Waals surface area (Å²) in [5.74, 6) is 3.07. The fourth-order valence-corrected chi connectivity index (χ4v) is 3.63. The van der Waals surface area contributed by atoms with E-state index in [1.807, 2.05) is 0 Å². The van der Waals surface area contributed by atoms with Gasteiger partial charge in [-0.05, 0) is 60.1 Å². The Balaban J connectivity index is 1.86. The number of hydrogen-bond donors (Lipinski definition) is 0. The van der Waals surface area contributed by atoms with Gasteiger partial charge in [-0.3, -0.25) is 0 Å². The summed E-state index contributed by atoms with van der Waals surface area (Å²) in [6, 6.07) is 17.2. The topological polar surface area (TPSA) is 18.5 Å². The average Bonchev–Trinajstić information content (AvgIpc) is 2.62. The molecule has 0 aromatic heterocycles. The molecule has 0 unspecified atom stereocenters. The highest BCUT2D eigenvalue weighted by atomic mass is 16.5. The third-order valence-corrected chi connectivity index (χ3v) is 4.85. The molecule has 0 aliphatic heterocycles. The first-order valence-corrected chi connectivity index (χ1v) is 8.09. The molecule has 116 valence electrons. The standard InChI is InChI=1S/C20H24O2/c1-21-17-11-7-15(8-12-17)19-5-3-4-6-20(19)16-9-13-18(22-2)14-10-16/h7-14,19-20H,3-6H2,1-2H3/t19-,20+. The second-order valence-electron chi connectivity index (χ2n) is 6.04. The van der Waals surface area contributed by atoms with E-state index in [0.29, 0.717) is 11.8 Å². The van der Waals surface area contributed by atoms with Crippen molar-refractivity contribution in [1.82, 2.24) is 0 Å². The Morgan fingerprint density at radius 1 is 0.636 bits per heavy atom. The lowest BCUT2D eigenvalue weighted by atomic mass is 9.72.